The second kappa shape index (κ2) is 7.22. The average Bonchev–Trinajstić information content (AvgIpc) is 3.10. The lowest BCUT2D eigenvalue weighted by molar-refractivity contribution is 0.0631. The van der Waals surface area contributed by atoms with Crippen molar-refractivity contribution >= 4 is 5.91 Å². The zero-order chi connectivity index (χ0) is 15.2. The highest BCUT2D eigenvalue weighted by Gasteiger charge is 2.22. The van der Waals surface area contributed by atoms with E-state index < -0.39 is 0 Å². The number of hydrogen-bond acceptors (Lipinski definition) is 3. The standard InChI is InChI=1S/C17H22N4O/c22-17(16-6-2-8-19-16)21-12-10-20(11-13-21)9-3-5-15-4-1-7-18-14-15/h1-2,4,6-8,14,19H,3,5,9-13H2. The van der Waals surface area contributed by atoms with Gasteiger partial charge in [0.2, 0.25) is 0 Å². The average molecular weight is 298 g/mol. The van der Waals surface area contributed by atoms with Gasteiger partial charge in [0.1, 0.15) is 5.69 Å². The summed E-state index contributed by atoms with van der Waals surface area (Å²) in [5, 5.41) is 0. The SMILES string of the molecule is O=C(c1ccc[nH]1)N1CCN(CCCc2cccnc2)CC1. The molecule has 5 nitrogen and oxygen atoms in total. The van der Waals surface area contributed by atoms with Crippen molar-refractivity contribution in [2.75, 3.05) is 32.7 Å². The van der Waals surface area contributed by atoms with Crippen molar-refractivity contribution in [1.29, 1.82) is 0 Å². The molecule has 3 heterocycles. The molecule has 3 rings (SSSR count). The van der Waals surface area contributed by atoms with Gasteiger partial charge in [0.25, 0.3) is 5.91 Å². The topological polar surface area (TPSA) is 52.2 Å². The van der Waals surface area contributed by atoms with Crippen LogP contribution in [-0.2, 0) is 6.42 Å². The zero-order valence-corrected chi connectivity index (χ0v) is 12.7. The minimum atomic E-state index is 0.111. The van der Waals surface area contributed by atoms with Crippen LogP contribution in [0.15, 0.2) is 42.9 Å². The van der Waals surface area contributed by atoms with Gasteiger partial charge in [0.05, 0.1) is 0 Å². The number of aryl methyl sites for hydroxylation is 1. The van der Waals surface area contributed by atoms with Crippen molar-refractivity contribution in [3.63, 3.8) is 0 Å². The molecule has 0 aromatic carbocycles. The third-order valence-electron chi connectivity index (χ3n) is 4.15. The number of carbonyl (C=O) groups excluding carboxylic acids is 1. The Morgan fingerprint density at radius 3 is 2.73 bits per heavy atom. The van der Waals surface area contributed by atoms with Gasteiger partial charge in [0, 0.05) is 44.8 Å². The molecule has 0 aliphatic carbocycles. The quantitative estimate of drug-likeness (QED) is 0.916. The van der Waals surface area contributed by atoms with E-state index in [1.54, 1.807) is 6.20 Å². The van der Waals surface area contributed by atoms with Gasteiger partial charge in [-0.15, -0.1) is 0 Å². The van der Waals surface area contributed by atoms with Gasteiger partial charge in [0.15, 0.2) is 0 Å². The maximum absolute atomic E-state index is 12.2. The second-order valence-corrected chi connectivity index (χ2v) is 5.68. The first-order valence-corrected chi connectivity index (χ1v) is 7.87. The Balaban J connectivity index is 1.39. The summed E-state index contributed by atoms with van der Waals surface area (Å²) in [4.78, 5) is 23.7. The number of nitrogens with zero attached hydrogens (tertiary/aromatic N) is 3. The van der Waals surface area contributed by atoms with Gasteiger partial charge in [-0.2, -0.15) is 0 Å². The van der Waals surface area contributed by atoms with E-state index in [9.17, 15) is 4.79 Å². The molecule has 0 spiro atoms. The number of H-pyrrole nitrogens is 1. The van der Waals surface area contributed by atoms with E-state index in [1.807, 2.05) is 35.5 Å². The Morgan fingerprint density at radius 1 is 1.18 bits per heavy atom. The number of rotatable bonds is 5. The summed E-state index contributed by atoms with van der Waals surface area (Å²) in [7, 11) is 0. The highest BCUT2D eigenvalue weighted by Crippen LogP contribution is 2.09. The summed E-state index contributed by atoms with van der Waals surface area (Å²) in [5.74, 6) is 0.111. The monoisotopic (exact) mass is 298 g/mol. The van der Waals surface area contributed by atoms with Gasteiger partial charge in [-0.1, -0.05) is 6.07 Å². The van der Waals surface area contributed by atoms with E-state index in [1.165, 1.54) is 5.56 Å². The molecule has 1 aliphatic rings. The molecule has 1 saturated heterocycles. The number of hydrogen-bond donors (Lipinski definition) is 1. The van der Waals surface area contributed by atoms with Crippen molar-refractivity contribution in [3.05, 3.63) is 54.1 Å². The van der Waals surface area contributed by atoms with Gasteiger partial charge in [-0.3, -0.25) is 14.7 Å². The summed E-state index contributed by atoms with van der Waals surface area (Å²) in [6.45, 7) is 4.62. The van der Waals surface area contributed by atoms with Crippen LogP contribution in [0.3, 0.4) is 0 Å². The smallest absolute Gasteiger partial charge is 0.270 e. The van der Waals surface area contributed by atoms with E-state index in [-0.39, 0.29) is 5.91 Å². The fraction of sp³-hybridized carbons (Fsp3) is 0.412. The normalized spacial score (nSPS) is 15.9. The van der Waals surface area contributed by atoms with Crippen LogP contribution in [0.5, 0.6) is 0 Å². The molecule has 0 atom stereocenters. The molecular weight excluding hydrogens is 276 g/mol. The van der Waals surface area contributed by atoms with E-state index in [4.69, 9.17) is 0 Å². The van der Waals surface area contributed by atoms with E-state index in [2.05, 4.69) is 20.9 Å². The third-order valence-corrected chi connectivity index (χ3v) is 4.15. The molecule has 116 valence electrons. The van der Waals surface area contributed by atoms with Gasteiger partial charge in [-0.05, 0) is 43.1 Å². The molecule has 1 amide bonds. The number of carbonyl (C=O) groups is 1. The Hall–Kier alpha value is -2.14. The van der Waals surface area contributed by atoms with Crippen molar-refractivity contribution in [1.82, 2.24) is 19.8 Å². The van der Waals surface area contributed by atoms with Crippen molar-refractivity contribution in [2.45, 2.75) is 12.8 Å². The lowest BCUT2D eigenvalue weighted by Gasteiger charge is -2.34. The van der Waals surface area contributed by atoms with Gasteiger partial charge in [-0.25, -0.2) is 0 Å². The highest BCUT2D eigenvalue weighted by molar-refractivity contribution is 5.92. The number of pyridine rings is 1. The summed E-state index contributed by atoms with van der Waals surface area (Å²) in [6, 6.07) is 7.81. The molecule has 0 unspecified atom stereocenters. The molecule has 5 heteroatoms. The maximum atomic E-state index is 12.2. The van der Waals surface area contributed by atoms with Gasteiger partial charge >= 0.3 is 0 Å². The minimum Gasteiger partial charge on any atom is -0.357 e. The number of aromatic amines is 1. The summed E-state index contributed by atoms with van der Waals surface area (Å²) >= 11 is 0. The summed E-state index contributed by atoms with van der Waals surface area (Å²) in [5.41, 5.74) is 1.98. The first-order valence-electron chi connectivity index (χ1n) is 7.87. The Kier molecular flexibility index (Phi) is 4.85. The van der Waals surface area contributed by atoms with Crippen molar-refractivity contribution < 1.29 is 4.79 Å². The van der Waals surface area contributed by atoms with Crippen LogP contribution < -0.4 is 0 Å². The maximum Gasteiger partial charge on any atom is 0.270 e. The largest absolute Gasteiger partial charge is 0.357 e. The number of aromatic nitrogens is 2. The van der Waals surface area contributed by atoms with Crippen molar-refractivity contribution in [2.24, 2.45) is 0 Å². The van der Waals surface area contributed by atoms with Crippen LogP contribution in [0.4, 0.5) is 0 Å². The number of nitrogens with one attached hydrogen (secondary N) is 1. The van der Waals surface area contributed by atoms with Crippen LogP contribution in [0.1, 0.15) is 22.5 Å². The Morgan fingerprint density at radius 2 is 2.05 bits per heavy atom. The highest BCUT2D eigenvalue weighted by atomic mass is 16.2. The number of amides is 1. The summed E-state index contributed by atoms with van der Waals surface area (Å²) in [6.07, 6.45) is 7.74. The van der Waals surface area contributed by atoms with Crippen LogP contribution in [0.2, 0.25) is 0 Å². The fourth-order valence-corrected chi connectivity index (χ4v) is 2.86. The molecule has 0 bridgehead atoms. The predicted octanol–water partition coefficient (Wildman–Crippen LogP) is 1.80. The second-order valence-electron chi connectivity index (χ2n) is 5.68. The van der Waals surface area contributed by atoms with E-state index in [0.717, 1.165) is 45.6 Å². The molecule has 1 N–H and O–H groups in total. The lowest BCUT2D eigenvalue weighted by atomic mass is 10.1. The van der Waals surface area contributed by atoms with Crippen LogP contribution >= 0.6 is 0 Å². The molecular formula is C17H22N4O. The van der Waals surface area contributed by atoms with Crippen molar-refractivity contribution in [3.8, 4) is 0 Å². The molecule has 2 aromatic heterocycles. The Labute approximate surface area is 131 Å². The van der Waals surface area contributed by atoms with Crippen LogP contribution in [-0.4, -0.2) is 58.4 Å². The summed E-state index contributed by atoms with van der Waals surface area (Å²) < 4.78 is 0. The first kappa shape index (κ1) is 14.8. The van der Waals surface area contributed by atoms with Crippen LogP contribution in [0.25, 0.3) is 0 Å². The molecule has 1 aliphatic heterocycles. The predicted molar refractivity (Wildman–Crippen MR) is 85.7 cm³/mol. The third kappa shape index (κ3) is 3.74. The molecule has 1 fully saturated rings. The zero-order valence-electron chi connectivity index (χ0n) is 12.7. The van der Waals surface area contributed by atoms with Crippen LogP contribution in [0, 0.1) is 0 Å². The molecule has 2 aromatic rings. The van der Waals surface area contributed by atoms with Gasteiger partial charge < -0.3 is 9.88 Å². The molecule has 0 radical (unpaired) electrons. The van der Waals surface area contributed by atoms with E-state index >= 15 is 0 Å². The lowest BCUT2D eigenvalue weighted by Crippen LogP contribution is -2.49. The molecule has 0 saturated carbocycles. The minimum absolute atomic E-state index is 0.111. The molecule has 22 heavy (non-hydrogen) atoms. The van der Waals surface area contributed by atoms with E-state index in [0.29, 0.717) is 5.69 Å². The first-order chi connectivity index (χ1) is 10.8. The Bertz CT molecular complexity index is 574. The fourth-order valence-electron chi connectivity index (χ4n) is 2.86. The number of piperazine rings is 1.